The first-order valence-electron chi connectivity index (χ1n) is 5.18. The molecule has 0 saturated heterocycles. The highest BCUT2D eigenvalue weighted by molar-refractivity contribution is 7.80. The Bertz CT molecular complexity index is 216. The molecule has 0 fully saturated rings. The Kier molecular flexibility index (Phi) is 11.9. The van der Waals surface area contributed by atoms with Gasteiger partial charge in [0.15, 0.2) is 0 Å². The lowest BCUT2D eigenvalue weighted by atomic mass is 10.1. The highest BCUT2D eigenvalue weighted by atomic mass is 32.3. The van der Waals surface area contributed by atoms with Crippen LogP contribution in [0.3, 0.4) is 0 Å². The third-order valence-electron chi connectivity index (χ3n) is 1.98. The summed E-state index contributed by atoms with van der Waals surface area (Å²) in [5.74, 6) is 0. The summed E-state index contributed by atoms with van der Waals surface area (Å²) in [6, 6.07) is 0. The molecule has 94 valence electrons. The molecule has 0 aliphatic carbocycles. The van der Waals surface area contributed by atoms with Crippen LogP contribution in [0.2, 0.25) is 0 Å². The molecule has 0 aromatic rings. The highest BCUT2D eigenvalue weighted by Crippen LogP contribution is 2.07. The molecule has 0 aromatic heterocycles. The van der Waals surface area contributed by atoms with Crippen LogP contribution in [-0.4, -0.2) is 19.6 Å². The smallest absolute Gasteiger partial charge is 0.344 e. The second-order valence-corrected chi connectivity index (χ2v) is 4.46. The van der Waals surface area contributed by atoms with Crippen molar-refractivity contribution < 1.29 is 17.2 Å². The van der Waals surface area contributed by atoms with Crippen LogP contribution in [-0.2, 0) is 14.6 Å². The van der Waals surface area contributed by atoms with Gasteiger partial charge in [0.25, 0.3) is 0 Å². The van der Waals surface area contributed by atoms with Gasteiger partial charge in [-0.05, 0) is 6.42 Å². The zero-order chi connectivity index (χ0) is 10.9. The van der Waals surface area contributed by atoms with E-state index in [4.69, 9.17) is 4.55 Å². The molecule has 6 heteroatoms. The molecule has 0 radical (unpaired) electrons. The molecule has 5 nitrogen and oxygen atoms in total. The van der Waals surface area contributed by atoms with Crippen molar-refractivity contribution in [3.8, 4) is 0 Å². The molecule has 0 unspecified atom stereocenters. The zero-order valence-corrected chi connectivity index (χ0v) is 10.3. The molecule has 0 spiro atoms. The van der Waals surface area contributed by atoms with Crippen LogP contribution in [0.25, 0.3) is 0 Å². The van der Waals surface area contributed by atoms with Gasteiger partial charge >= 0.3 is 10.4 Å². The number of unbranched alkanes of at least 4 members (excludes halogenated alkanes) is 6. The van der Waals surface area contributed by atoms with Crippen LogP contribution in [0.1, 0.15) is 51.9 Å². The zero-order valence-electron chi connectivity index (χ0n) is 9.44. The SMILES string of the molecule is CCCCCCCCCOS(=O)(=O)O.N. The Labute approximate surface area is 92.7 Å². The Morgan fingerprint density at radius 3 is 1.93 bits per heavy atom. The van der Waals surface area contributed by atoms with Gasteiger partial charge in [-0.2, -0.15) is 8.42 Å². The van der Waals surface area contributed by atoms with Crippen LogP contribution in [0, 0.1) is 0 Å². The van der Waals surface area contributed by atoms with Crippen molar-refractivity contribution in [3.63, 3.8) is 0 Å². The van der Waals surface area contributed by atoms with Gasteiger partial charge in [-0.15, -0.1) is 0 Å². The van der Waals surface area contributed by atoms with E-state index in [1.807, 2.05) is 0 Å². The maximum absolute atomic E-state index is 10.1. The Hall–Kier alpha value is -0.170. The average molecular weight is 241 g/mol. The van der Waals surface area contributed by atoms with E-state index in [1.165, 1.54) is 25.7 Å². The van der Waals surface area contributed by atoms with Crippen molar-refractivity contribution in [2.75, 3.05) is 6.61 Å². The van der Waals surface area contributed by atoms with E-state index >= 15 is 0 Å². The second-order valence-electron chi connectivity index (χ2n) is 3.37. The van der Waals surface area contributed by atoms with Gasteiger partial charge in [0.1, 0.15) is 0 Å². The van der Waals surface area contributed by atoms with E-state index in [0.717, 1.165) is 12.8 Å². The minimum Gasteiger partial charge on any atom is -0.344 e. The van der Waals surface area contributed by atoms with E-state index in [-0.39, 0.29) is 12.8 Å². The van der Waals surface area contributed by atoms with Gasteiger partial charge in [0.2, 0.25) is 0 Å². The monoisotopic (exact) mass is 241 g/mol. The topological polar surface area (TPSA) is 98.6 Å². The summed E-state index contributed by atoms with van der Waals surface area (Å²) in [6.07, 6.45) is 7.68. The predicted molar refractivity (Wildman–Crippen MR) is 60.5 cm³/mol. The molecule has 0 aromatic carbocycles. The maximum atomic E-state index is 10.1. The largest absolute Gasteiger partial charge is 0.397 e. The molecule has 0 atom stereocenters. The van der Waals surface area contributed by atoms with E-state index in [0.29, 0.717) is 6.42 Å². The first-order chi connectivity index (χ1) is 6.56. The first kappa shape index (κ1) is 17.2. The maximum Gasteiger partial charge on any atom is 0.397 e. The lowest BCUT2D eigenvalue weighted by Gasteiger charge is -2.00. The van der Waals surface area contributed by atoms with Crippen molar-refractivity contribution in [3.05, 3.63) is 0 Å². The molecule has 0 heterocycles. The number of hydrogen-bond acceptors (Lipinski definition) is 4. The van der Waals surface area contributed by atoms with E-state index in [9.17, 15) is 8.42 Å². The van der Waals surface area contributed by atoms with Crippen LogP contribution < -0.4 is 6.15 Å². The first-order valence-corrected chi connectivity index (χ1v) is 6.54. The Balaban J connectivity index is 0. The molecule has 0 rings (SSSR count). The minimum absolute atomic E-state index is 0. The summed E-state index contributed by atoms with van der Waals surface area (Å²) in [4.78, 5) is 0. The quantitative estimate of drug-likeness (QED) is 0.477. The fourth-order valence-electron chi connectivity index (χ4n) is 1.22. The fourth-order valence-corrected chi connectivity index (χ4v) is 1.55. The van der Waals surface area contributed by atoms with Gasteiger partial charge in [0, 0.05) is 0 Å². The molecule has 0 aliphatic heterocycles. The van der Waals surface area contributed by atoms with Crippen molar-refractivity contribution >= 4 is 10.4 Å². The number of rotatable bonds is 9. The molecule has 4 N–H and O–H groups in total. The van der Waals surface area contributed by atoms with Gasteiger partial charge in [-0.25, -0.2) is 4.18 Å². The van der Waals surface area contributed by atoms with Crippen LogP contribution >= 0.6 is 0 Å². The average Bonchev–Trinajstić information content (AvgIpc) is 2.08. The van der Waals surface area contributed by atoms with Crippen LogP contribution in [0.4, 0.5) is 0 Å². The van der Waals surface area contributed by atoms with Crippen molar-refractivity contribution in [1.82, 2.24) is 6.15 Å². The van der Waals surface area contributed by atoms with Crippen molar-refractivity contribution in [2.24, 2.45) is 0 Å². The van der Waals surface area contributed by atoms with Gasteiger partial charge in [-0.1, -0.05) is 45.4 Å². The molecule has 15 heavy (non-hydrogen) atoms. The molecule has 0 bridgehead atoms. The van der Waals surface area contributed by atoms with Gasteiger partial charge < -0.3 is 6.15 Å². The summed E-state index contributed by atoms with van der Waals surface area (Å²) < 4.78 is 32.7. The third kappa shape index (κ3) is 16.5. The lowest BCUT2D eigenvalue weighted by Crippen LogP contribution is -2.04. The lowest BCUT2D eigenvalue weighted by molar-refractivity contribution is 0.261. The normalized spacial score (nSPS) is 11.1. The Morgan fingerprint density at radius 1 is 1.00 bits per heavy atom. The summed E-state index contributed by atoms with van der Waals surface area (Å²) >= 11 is 0. The van der Waals surface area contributed by atoms with Gasteiger partial charge in [0.05, 0.1) is 6.61 Å². The summed E-state index contributed by atoms with van der Waals surface area (Å²) in [6.45, 7) is 2.26. The standard InChI is InChI=1S/C9H20O4S.H3N/c1-2-3-4-5-6-7-8-9-13-14(10,11)12;/h2-9H2,1H3,(H,10,11,12);1H3. The molecule has 0 amide bonds. The minimum atomic E-state index is -4.23. The fraction of sp³-hybridized carbons (Fsp3) is 1.00. The van der Waals surface area contributed by atoms with E-state index in [1.54, 1.807) is 0 Å². The number of hydrogen-bond donors (Lipinski definition) is 2. The van der Waals surface area contributed by atoms with Crippen LogP contribution in [0.5, 0.6) is 0 Å². The van der Waals surface area contributed by atoms with Gasteiger partial charge in [-0.3, -0.25) is 4.55 Å². The summed E-state index contributed by atoms with van der Waals surface area (Å²) in [5, 5.41) is 0. The van der Waals surface area contributed by atoms with Crippen molar-refractivity contribution in [1.29, 1.82) is 0 Å². The molecular formula is C9H23NO4S. The third-order valence-corrected chi connectivity index (χ3v) is 2.44. The van der Waals surface area contributed by atoms with E-state index in [2.05, 4.69) is 11.1 Å². The highest BCUT2D eigenvalue weighted by Gasteiger charge is 2.02. The molecule has 0 aliphatic rings. The molecule has 0 saturated carbocycles. The summed E-state index contributed by atoms with van der Waals surface area (Å²) in [7, 11) is -4.23. The molecular weight excluding hydrogens is 218 g/mol. The van der Waals surface area contributed by atoms with Crippen molar-refractivity contribution in [2.45, 2.75) is 51.9 Å². The van der Waals surface area contributed by atoms with Crippen LogP contribution in [0.15, 0.2) is 0 Å². The summed E-state index contributed by atoms with van der Waals surface area (Å²) in [5.41, 5.74) is 0. The van der Waals surface area contributed by atoms with E-state index < -0.39 is 10.4 Å². The predicted octanol–water partition coefficient (Wildman–Crippen LogP) is 2.72. The second kappa shape index (κ2) is 10.4. The Morgan fingerprint density at radius 2 is 1.47 bits per heavy atom.